The Morgan fingerprint density at radius 2 is 2.05 bits per heavy atom. The van der Waals surface area contributed by atoms with E-state index < -0.39 is 10.0 Å². The summed E-state index contributed by atoms with van der Waals surface area (Å²) in [7, 11) is -3.58. The second kappa shape index (κ2) is 6.21. The van der Waals surface area contributed by atoms with E-state index in [1.807, 2.05) is 13.8 Å². The second-order valence-corrected chi connectivity index (χ2v) is 7.77. The van der Waals surface area contributed by atoms with Crippen LogP contribution in [0.3, 0.4) is 0 Å². The first-order valence-corrected chi connectivity index (χ1v) is 8.11. The first kappa shape index (κ1) is 16.4. The van der Waals surface area contributed by atoms with E-state index in [0.717, 1.165) is 0 Å². The van der Waals surface area contributed by atoms with Crippen molar-refractivity contribution in [1.82, 2.24) is 4.72 Å². The highest BCUT2D eigenvalue weighted by Crippen LogP contribution is 2.24. The number of nitrogen functional groups attached to an aromatic ring is 1. The highest BCUT2D eigenvalue weighted by atomic mass is 79.9. The van der Waals surface area contributed by atoms with Crippen molar-refractivity contribution in [3.05, 3.63) is 22.7 Å². The minimum atomic E-state index is -3.58. The van der Waals surface area contributed by atoms with E-state index in [0.29, 0.717) is 16.6 Å². The number of nitrogens with one attached hydrogen (secondary N) is 1. The molecule has 0 heterocycles. The normalized spacial score (nSPS) is 12.6. The van der Waals surface area contributed by atoms with E-state index in [-0.39, 0.29) is 23.5 Å². The van der Waals surface area contributed by atoms with E-state index in [1.165, 1.54) is 12.1 Å². The largest absolute Gasteiger partial charge is 0.398 e. The molecule has 0 aliphatic rings. The van der Waals surface area contributed by atoms with Crippen molar-refractivity contribution in [3.8, 4) is 0 Å². The SMILES string of the molecule is CC(C)(CCO)CNS(=O)(=O)c1ccc(Br)c(N)c1. The van der Waals surface area contributed by atoms with Gasteiger partial charge in [-0.1, -0.05) is 13.8 Å². The van der Waals surface area contributed by atoms with Gasteiger partial charge in [0, 0.05) is 23.3 Å². The van der Waals surface area contributed by atoms with Gasteiger partial charge in [0.2, 0.25) is 10.0 Å². The Balaban J connectivity index is 2.84. The predicted molar refractivity (Wildman–Crippen MR) is 79.2 cm³/mol. The summed E-state index contributed by atoms with van der Waals surface area (Å²) in [5, 5.41) is 8.92. The van der Waals surface area contributed by atoms with Gasteiger partial charge < -0.3 is 10.8 Å². The zero-order valence-electron chi connectivity index (χ0n) is 11.0. The van der Waals surface area contributed by atoms with Crippen LogP contribution in [0.2, 0.25) is 0 Å². The van der Waals surface area contributed by atoms with E-state index in [2.05, 4.69) is 20.7 Å². The molecule has 0 aromatic heterocycles. The third-order valence-corrected chi connectivity index (χ3v) is 4.93. The van der Waals surface area contributed by atoms with Crippen LogP contribution in [0, 0.1) is 5.41 Å². The van der Waals surface area contributed by atoms with E-state index >= 15 is 0 Å². The van der Waals surface area contributed by atoms with Gasteiger partial charge in [-0.3, -0.25) is 0 Å². The fourth-order valence-electron chi connectivity index (χ4n) is 1.45. The van der Waals surface area contributed by atoms with Gasteiger partial charge in [0.05, 0.1) is 4.90 Å². The second-order valence-electron chi connectivity index (χ2n) is 5.15. The predicted octanol–water partition coefficient (Wildman–Crippen LogP) is 1.72. The molecule has 0 saturated carbocycles. The van der Waals surface area contributed by atoms with Crippen molar-refractivity contribution in [2.45, 2.75) is 25.2 Å². The van der Waals surface area contributed by atoms with Gasteiger partial charge in [0.25, 0.3) is 0 Å². The Morgan fingerprint density at radius 1 is 1.42 bits per heavy atom. The Labute approximate surface area is 122 Å². The summed E-state index contributed by atoms with van der Waals surface area (Å²) < 4.78 is 27.4. The van der Waals surface area contributed by atoms with Crippen molar-refractivity contribution in [1.29, 1.82) is 0 Å². The molecule has 7 heteroatoms. The molecule has 0 fully saturated rings. The van der Waals surface area contributed by atoms with Crippen molar-refractivity contribution in [2.75, 3.05) is 18.9 Å². The fourth-order valence-corrected chi connectivity index (χ4v) is 2.98. The number of hydrogen-bond donors (Lipinski definition) is 3. The van der Waals surface area contributed by atoms with Gasteiger partial charge in [-0.05, 0) is 46.0 Å². The number of aliphatic hydroxyl groups excluding tert-OH is 1. The lowest BCUT2D eigenvalue weighted by Gasteiger charge is -2.23. The first-order chi connectivity index (χ1) is 8.68. The first-order valence-electron chi connectivity index (χ1n) is 5.83. The zero-order valence-corrected chi connectivity index (χ0v) is 13.4. The molecule has 0 amide bonds. The molecular formula is C12H19BrN2O3S. The molecule has 1 aromatic carbocycles. The highest BCUT2D eigenvalue weighted by molar-refractivity contribution is 9.10. The highest BCUT2D eigenvalue weighted by Gasteiger charge is 2.22. The summed E-state index contributed by atoms with van der Waals surface area (Å²) in [6.45, 7) is 4.06. The van der Waals surface area contributed by atoms with Crippen molar-refractivity contribution in [2.24, 2.45) is 5.41 Å². The topological polar surface area (TPSA) is 92.4 Å². The molecule has 0 aliphatic carbocycles. The summed E-state index contributed by atoms with van der Waals surface area (Å²) >= 11 is 3.22. The smallest absolute Gasteiger partial charge is 0.240 e. The summed E-state index contributed by atoms with van der Waals surface area (Å²) in [4.78, 5) is 0.132. The van der Waals surface area contributed by atoms with E-state index in [4.69, 9.17) is 10.8 Å². The number of benzene rings is 1. The van der Waals surface area contributed by atoms with E-state index in [1.54, 1.807) is 6.07 Å². The molecule has 1 rings (SSSR count). The Hall–Kier alpha value is -0.630. The average Bonchev–Trinajstić information content (AvgIpc) is 2.30. The van der Waals surface area contributed by atoms with E-state index in [9.17, 15) is 8.42 Å². The van der Waals surface area contributed by atoms with Gasteiger partial charge in [0.15, 0.2) is 0 Å². The summed E-state index contributed by atoms with van der Waals surface area (Å²) in [5.74, 6) is 0. The summed E-state index contributed by atoms with van der Waals surface area (Å²) in [5.41, 5.74) is 5.74. The molecule has 4 N–H and O–H groups in total. The maximum Gasteiger partial charge on any atom is 0.240 e. The lowest BCUT2D eigenvalue weighted by atomic mass is 9.90. The van der Waals surface area contributed by atoms with Gasteiger partial charge >= 0.3 is 0 Å². The van der Waals surface area contributed by atoms with Crippen LogP contribution < -0.4 is 10.5 Å². The maximum atomic E-state index is 12.1. The molecule has 5 nitrogen and oxygen atoms in total. The van der Waals surface area contributed by atoms with Crippen LogP contribution in [-0.2, 0) is 10.0 Å². The molecule has 0 spiro atoms. The zero-order chi connectivity index (χ0) is 14.7. The quantitative estimate of drug-likeness (QED) is 0.681. The number of aliphatic hydroxyl groups is 1. The number of halogens is 1. The maximum absolute atomic E-state index is 12.1. The lowest BCUT2D eigenvalue weighted by molar-refractivity contribution is 0.213. The Kier molecular flexibility index (Phi) is 5.37. The average molecular weight is 351 g/mol. The molecule has 0 unspecified atom stereocenters. The van der Waals surface area contributed by atoms with Crippen LogP contribution in [0.1, 0.15) is 20.3 Å². The Morgan fingerprint density at radius 3 is 2.58 bits per heavy atom. The molecule has 1 aromatic rings. The summed E-state index contributed by atoms with van der Waals surface area (Å²) in [6.07, 6.45) is 0.526. The Bertz CT molecular complexity index is 544. The van der Waals surface area contributed by atoms with Crippen LogP contribution in [0.5, 0.6) is 0 Å². The lowest BCUT2D eigenvalue weighted by Crippen LogP contribution is -2.34. The molecule has 19 heavy (non-hydrogen) atoms. The molecule has 108 valence electrons. The number of anilines is 1. The molecule has 0 radical (unpaired) electrons. The molecular weight excluding hydrogens is 332 g/mol. The van der Waals surface area contributed by atoms with Crippen LogP contribution in [0.25, 0.3) is 0 Å². The molecule has 0 aliphatic heterocycles. The van der Waals surface area contributed by atoms with Crippen molar-refractivity contribution < 1.29 is 13.5 Å². The van der Waals surface area contributed by atoms with Crippen LogP contribution in [0.15, 0.2) is 27.6 Å². The minimum absolute atomic E-state index is 0.0277. The van der Waals surface area contributed by atoms with Gasteiger partial charge in [-0.15, -0.1) is 0 Å². The van der Waals surface area contributed by atoms with Crippen LogP contribution in [-0.4, -0.2) is 26.7 Å². The standard InChI is InChI=1S/C12H19BrN2O3S/c1-12(2,5-6-16)8-15-19(17,18)9-3-4-10(13)11(14)7-9/h3-4,7,15-16H,5-6,8,14H2,1-2H3. The molecule has 0 bridgehead atoms. The van der Waals surface area contributed by atoms with Gasteiger partial charge in [-0.25, -0.2) is 13.1 Å². The minimum Gasteiger partial charge on any atom is -0.398 e. The van der Waals surface area contributed by atoms with Crippen LogP contribution >= 0.6 is 15.9 Å². The van der Waals surface area contributed by atoms with Crippen molar-refractivity contribution in [3.63, 3.8) is 0 Å². The van der Waals surface area contributed by atoms with Gasteiger partial charge in [0.1, 0.15) is 0 Å². The number of sulfonamides is 1. The molecule has 0 saturated heterocycles. The fraction of sp³-hybridized carbons (Fsp3) is 0.500. The number of nitrogens with two attached hydrogens (primary N) is 1. The van der Waals surface area contributed by atoms with Crippen molar-refractivity contribution >= 4 is 31.6 Å². The molecule has 0 atom stereocenters. The number of hydrogen-bond acceptors (Lipinski definition) is 4. The third-order valence-electron chi connectivity index (χ3n) is 2.81. The monoisotopic (exact) mass is 350 g/mol. The van der Waals surface area contributed by atoms with Crippen LogP contribution in [0.4, 0.5) is 5.69 Å². The summed E-state index contributed by atoms with van der Waals surface area (Å²) in [6, 6.07) is 4.50. The third kappa shape index (κ3) is 4.76. The van der Waals surface area contributed by atoms with Gasteiger partial charge in [-0.2, -0.15) is 0 Å². The number of rotatable bonds is 6.